The average molecular weight is 628 g/mol. The number of carbonyl (C=O) groups excluding carboxylic acids is 1. The van der Waals surface area contributed by atoms with Crippen LogP contribution in [0.4, 0.5) is 13.2 Å². The Morgan fingerprint density at radius 2 is 1.68 bits per heavy atom. The molecule has 0 bridgehead atoms. The van der Waals surface area contributed by atoms with E-state index in [1.807, 2.05) is 24.4 Å². The maximum atomic E-state index is 13.0. The fourth-order valence-electron chi connectivity index (χ4n) is 5.73. The highest BCUT2D eigenvalue weighted by molar-refractivity contribution is 6.31. The van der Waals surface area contributed by atoms with Gasteiger partial charge in [-0.25, -0.2) is 0 Å². The zero-order chi connectivity index (χ0) is 31.3. The summed E-state index contributed by atoms with van der Waals surface area (Å²) in [5.41, 5.74) is 11.2. The van der Waals surface area contributed by atoms with Crippen LogP contribution in [0.15, 0.2) is 66.9 Å². The number of nitrogens with two attached hydrogens (primary N) is 1. The van der Waals surface area contributed by atoms with Crippen LogP contribution in [-0.2, 0) is 31.0 Å². The van der Waals surface area contributed by atoms with Gasteiger partial charge in [-0.3, -0.25) is 14.6 Å². The first kappa shape index (κ1) is 31.8. The van der Waals surface area contributed by atoms with Crippen molar-refractivity contribution in [2.75, 3.05) is 32.7 Å². The number of nitrogens with zero attached hydrogens (tertiary/aromatic N) is 3. The molecule has 2 heterocycles. The second-order valence-corrected chi connectivity index (χ2v) is 11.6. The Balaban J connectivity index is 1.41. The summed E-state index contributed by atoms with van der Waals surface area (Å²) in [4.78, 5) is 16.6. The predicted octanol–water partition coefficient (Wildman–Crippen LogP) is 6.16. The number of aromatic nitrogens is 1. The number of hydrogen-bond acceptors (Lipinski definition) is 5. The van der Waals surface area contributed by atoms with Crippen molar-refractivity contribution in [3.05, 3.63) is 88.6 Å². The molecule has 7 nitrogen and oxygen atoms in total. The van der Waals surface area contributed by atoms with Crippen LogP contribution in [-0.4, -0.2) is 59.4 Å². The maximum absolute atomic E-state index is 13.0. The van der Waals surface area contributed by atoms with Crippen molar-refractivity contribution >= 4 is 28.4 Å². The van der Waals surface area contributed by atoms with Crippen LogP contribution >= 0.6 is 11.6 Å². The molecule has 1 aromatic heterocycles. The molecule has 0 saturated carbocycles. The van der Waals surface area contributed by atoms with Gasteiger partial charge in [0.25, 0.3) is 0 Å². The number of fused-ring (bicyclic) bond motifs is 1. The second kappa shape index (κ2) is 14.0. The van der Waals surface area contributed by atoms with Crippen LogP contribution in [0.2, 0.25) is 5.02 Å². The molecule has 1 aliphatic heterocycles. The molecule has 1 saturated heterocycles. The van der Waals surface area contributed by atoms with E-state index in [4.69, 9.17) is 17.3 Å². The van der Waals surface area contributed by atoms with Crippen molar-refractivity contribution in [2.24, 2.45) is 5.73 Å². The standard InChI is InChI=1S/C33H37ClF3N5O2/c1-23(43)39-19-26-18-27(44-33(35,36)37)8-9-28(26)30-22-42(12-4-11-38)32-10-7-24(17-29(30)32)20-40-13-15-41(16-14-40)21-25-5-2-3-6-31(25)34/h2-3,5-10,17-18,22H,4,11-16,19-21,38H2,1H3,(H,39,43). The van der Waals surface area contributed by atoms with Crippen molar-refractivity contribution in [3.8, 4) is 16.9 Å². The molecule has 3 aromatic carbocycles. The largest absolute Gasteiger partial charge is 0.573 e. The molecule has 0 spiro atoms. The predicted molar refractivity (Wildman–Crippen MR) is 167 cm³/mol. The van der Waals surface area contributed by atoms with Gasteiger partial charge in [0.05, 0.1) is 0 Å². The van der Waals surface area contributed by atoms with Gasteiger partial charge >= 0.3 is 6.36 Å². The molecule has 4 aromatic rings. The Bertz CT molecular complexity index is 1600. The minimum absolute atomic E-state index is 0.0629. The quantitative estimate of drug-likeness (QED) is 0.208. The van der Waals surface area contributed by atoms with Gasteiger partial charge < -0.3 is 20.4 Å². The van der Waals surface area contributed by atoms with E-state index in [2.05, 4.69) is 48.7 Å². The minimum atomic E-state index is -4.82. The summed E-state index contributed by atoms with van der Waals surface area (Å²) in [5, 5.41) is 4.50. The summed E-state index contributed by atoms with van der Waals surface area (Å²) in [7, 11) is 0. The molecule has 1 amide bonds. The lowest BCUT2D eigenvalue weighted by atomic mass is 9.97. The van der Waals surface area contributed by atoms with Gasteiger partial charge in [0.15, 0.2) is 0 Å². The van der Waals surface area contributed by atoms with Crippen LogP contribution in [0.5, 0.6) is 5.75 Å². The first-order chi connectivity index (χ1) is 21.1. The third-order valence-corrected chi connectivity index (χ3v) is 8.27. The third-order valence-electron chi connectivity index (χ3n) is 7.90. The Morgan fingerprint density at radius 1 is 0.955 bits per heavy atom. The van der Waals surface area contributed by atoms with Gasteiger partial charge in [-0.2, -0.15) is 0 Å². The van der Waals surface area contributed by atoms with E-state index in [0.717, 1.165) is 83.9 Å². The van der Waals surface area contributed by atoms with Crippen LogP contribution in [0.3, 0.4) is 0 Å². The van der Waals surface area contributed by atoms with Crippen LogP contribution in [0, 0.1) is 0 Å². The fourth-order valence-corrected chi connectivity index (χ4v) is 5.93. The Kier molecular flexibility index (Phi) is 10.2. The number of carbonyl (C=O) groups is 1. The molecule has 1 fully saturated rings. The Labute approximate surface area is 260 Å². The molecular weight excluding hydrogens is 591 g/mol. The third kappa shape index (κ3) is 8.12. The number of amides is 1. The number of aryl methyl sites for hydroxylation is 1. The lowest BCUT2D eigenvalue weighted by Crippen LogP contribution is -2.45. The Morgan fingerprint density at radius 3 is 2.36 bits per heavy atom. The zero-order valence-electron chi connectivity index (χ0n) is 24.7. The van der Waals surface area contributed by atoms with Crippen molar-refractivity contribution in [1.82, 2.24) is 19.7 Å². The highest BCUT2D eigenvalue weighted by Gasteiger charge is 2.31. The number of ether oxygens (including phenoxy) is 1. The molecule has 1 aliphatic rings. The van der Waals surface area contributed by atoms with Gasteiger partial charge in [0, 0.05) is 87.0 Å². The summed E-state index contributed by atoms with van der Waals surface area (Å²) in [6.07, 6.45) is -2.02. The molecule has 44 heavy (non-hydrogen) atoms. The van der Waals surface area contributed by atoms with E-state index in [0.29, 0.717) is 18.7 Å². The van der Waals surface area contributed by atoms with E-state index in [-0.39, 0.29) is 18.2 Å². The number of nitrogens with one attached hydrogen (secondary N) is 1. The summed E-state index contributed by atoms with van der Waals surface area (Å²) in [5.74, 6) is -0.611. The molecule has 0 atom stereocenters. The van der Waals surface area contributed by atoms with Gasteiger partial charge in [-0.15, -0.1) is 13.2 Å². The lowest BCUT2D eigenvalue weighted by molar-refractivity contribution is -0.274. The second-order valence-electron chi connectivity index (χ2n) is 11.2. The maximum Gasteiger partial charge on any atom is 0.573 e. The lowest BCUT2D eigenvalue weighted by Gasteiger charge is -2.35. The molecule has 5 rings (SSSR count). The normalized spacial score (nSPS) is 14.7. The van der Waals surface area contributed by atoms with Crippen LogP contribution in [0.1, 0.15) is 30.0 Å². The fraction of sp³-hybridized carbons (Fsp3) is 0.364. The van der Waals surface area contributed by atoms with E-state index in [1.54, 1.807) is 6.07 Å². The highest BCUT2D eigenvalue weighted by atomic mass is 35.5. The topological polar surface area (TPSA) is 75.8 Å². The van der Waals surface area contributed by atoms with E-state index in [9.17, 15) is 18.0 Å². The van der Waals surface area contributed by atoms with Gasteiger partial charge in [-0.1, -0.05) is 41.9 Å². The zero-order valence-corrected chi connectivity index (χ0v) is 25.4. The number of alkyl halides is 3. The monoisotopic (exact) mass is 627 g/mol. The summed E-state index contributed by atoms with van der Waals surface area (Å²) < 4.78 is 45.3. The summed E-state index contributed by atoms with van der Waals surface area (Å²) in [6.45, 7) is 8.00. The molecular formula is C33H37ClF3N5O2. The van der Waals surface area contributed by atoms with E-state index >= 15 is 0 Å². The molecule has 0 aliphatic carbocycles. The highest BCUT2D eigenvalue weighted by Crippen LogP contribution is 2.36. The van der Waals surface area contributed by atoms with E-state index in [1.165, 1.54) is 19.1 Å². The molecule has 3 N–H and O–H groups in total. The summed E-state index contributed by atoms with van der Waals surface area (Å²) >= 11 is 6.37. The van der Waals surface area contributed by atoms with Crippen LogP contribution < -0.4 is 15.8 Å². The SMILES string of the molecule is CC(=O)NCc1cc(OC(F)(F)F)ccc1-c1cn(CCCN)c2ccc(CN3CCN(Cc4ccccc4Cl)CC3)cc12. The van der Waals surface area contributed by atoms with Gasteiger partial charge in [0.1, 0.15) is 5.75 Å². The number of hydrogen-bond donors (Lipinski definition) is 2. The number of halogens is 4. The van der Waals surface area contributed by atoms with E-state index < -0.39 is 6.36 Å². The molecule has 0 unspecified atom stereocenters. The van der Waals surface area contributed by atoms with Crippen LogP contribution in [0.25, 0.3) is 22.0 Å². The first-order valence-corrected chi connectivity index (χ1v) is 15.1. The minimum Gasteiger partial charge on any atom is -0.406 e. The Hall–Kier alpha value is -3.57. The molecule has 234 valence electrons. The van der Waals surface area contributed by atoms with Crippen molar-refractivity contribution in [3.63, 3.8) is 0 Å². The number of benzene rings is 3. The number of rotatable bonds is 11. The molecule has 0 radical (unpaired) electrons. The smallest absolute Gasteiger partial charge is 0.406 e. The van der Waals surface area contributed by atoms with Crippen molar-refractivity contribution < 1.29 is 22.7 Å². The molecule has 11 heteroatoms. The van der Waals surface area contributed by atoms with Gasteiger partial charge in [-0.05, 0) is 65.6 Å². The van der Waals surface area contributed by atoms with Gasteiger partial charge in [0.2, 0.25) is 5.91 Å². The average Bonchev–Trinajstić information content (AvgIpc) is 3.34. The van der Waals surface area contributed by atoms with Crippen molar-refractivity contribution in [2.45, 2.75) is 45.9 Å². The first-order valence-electron chi connectivity index (χ1n) is 14.7. The number of piperazine rings is 1. The summed E-state index contributed by atoms with van der Waals surface area (Å²) in [6, 6.07) is 18.6. The van der Waals surface area contributed by atoms with Crippen molar-refractivity contribution in [1.29, 1.82) is 0 Å².